The van der Waals surface area contributed by atoms with Gasteiger partial charge in [-0.2, -0.15) is 9.78 Å². The Bertz CT molecular complexity index is 1640. The largest absolute Gasteiger partial charge is 0.355 e. The molecule has 3 aromatic heterocycles. The minimum absolute atomic E-state index is 0.159. The number of carbonyl (C=O) groups is 1. The van der Waals surface area contributed by atoms with Gasteiger partial charge in [0.1, 0.15) is 28.3 Å². The number of amides is 2. The molecule has 10 nitrogen and oxygen atoms in total. The average molecular weight is 560 g/mol. The van der Waals surface area contributed by atoms with Gasteiger partial charge in [0.25, 0.3) is 0 Å². The molecule has 0 atom stereocenters. The van der Waals surface area contributed by atoms with Crippen LogP contribution in [0.4, 0.5) is 26.0 Å². The van der Waals surface area contributed by atoms with Gasteiger partial charge in [0.2, 0.25) is 0 Å². The molecule has 1 aromatic carbocycles. The number of rotatable bonds is 5. The van der Waals surface area contributed by atoms with E-state index in [0.29, 0.717) is 27.7 Å². The lowest BCUT2D eigenvalue weighted by molar-refractivity contribution is 0.0142. The van der Waals surface area contributed by atoms with Crippen LogP contribution < -0.4 is 15.5 Å². The first kappa shape index (κ1) is 26.0. The van der Waals surface area contributed by atoms with E-state index in [1.165, 1.54) is 23.5 Å². The summed E-state index contributed by atoms with van der Waals surface area (Å²) in [5.41, 5.74) is 9.50. The van der Waals surface area contributed by atoms with Gasteiger partial charge in [-0.25, -0.2) is 19.2 Å². The lowest BCUT2D eigenvalue weighted by Gasteiger charge is -2.53. The van der Waals surface area contributed by atoms with Crippen molar-refractivity contribution in [2.24, 2.45) is 11.1 Å². The van der Waals surface area contributed by atoms with Crippen molar-refractivity contribution < 1.29 is 9.18 Å². The maximum atomic E-state index is 13.5. The molecule has 2 aliphatic heterocycles. The number of hydrogen-bond acceptors (Lipinski definition) is 8. The van der Waals surface area contributed by atoms with E-state index in [4.69, 9.17) is 20.8 Å². The molecule has 0 bridgehead atoms. The van der Waals surface area contributed by atoms with Gasteiger partial charge >= 0.3 is 6.03 Å². The maximum Gasteiger partial charge on any atom is 0.314 e. The number of imidazole rings is 1. The van der Waals surface area contributed by atoms with Crippen molar-refractivity contribution in [1.29, 1.82) is 5.26 Å². The van der Waals surface area contributed by atoms with Gasteiger partial charge in [-0.05, 0) is 62.1 Å². The van der Waals surface area contributed by atoms with Gasteiger partial charge in [-0.1, -0.05) is 18.3 Å². The predicted octanol–water partition coefficient (Wildman–Crippen LogP) is 4.48. The Balaban J connectivity index is 1.33. The molecule has 2 saturated heterocycles. The molecule has 1 spiro atoms. The molecular weight excluding hydrogens is 529 g/mol. The number of halogens is 1. The third-order valence-electron chi connectivity index (χ3n) is 8.09. The Morgan fingerprint density at radius 2 is 1.93 bits per heavy atom. The molecule has 6 rings (SSSR count). The van der Waals surface area contributed by atoms with Crippen molar-refractivity contribution in [1.82, 2.24) is 24.5 Å². The van der Waals surface area contributed by atoms with Crippen LogP contribution >= 0.6 is 11.3 Å². The zero-order valence-electron chi connectivity index (χ0n) is 22.7. The van der Waals surface area contributed by atoms with E-state index in [0.717, 1.165) is 67.6 Å². The van der Waals surface area contributed by atoms with E-state index in [1.54, 1.807) is 17.0 Å². The number of urea groups is 1. The molecule has 40 heavy (non-hydrogen) atoms. The van der Waals surface area contributed by atoms with Crippen LogP contribution in [0.1, 0.15) is 35.9 Å². The highest BCUT2D eigenvalue weighted by molar-refractivity contribution is 7.16. The van der Waals surface area contributed by atoms with Gasteiger partial charge in [-0.3, -0.25) is 0 Å². The number of primary amides is 1. The summed E-state index contributed by atoms with van der Waals surface area (Å²) >= 11 is 1.28. The Hall–Kier alpha value is -4.24. The number of fused-ring (bicyclic) bond motifs is 1. The number of thiazole rings is 1. The average Bonchev–Trinajstić information content (AvgIpc) is 3.54. The first-order chi connectivity index (χ1) is 19.2. The number of carbonyl (C=O) groups excluding carboxylic acids is 1. The smallest absolute Gasteiger partial charge is 0.314 e. The molecule has 0 aliphatic carbocycles. The SMILES string of the molecule is CCc1nc2c(C)cc(N3CCC4(CC3)CN(C(N)=O)C4)nn2c1N(C)c1nc(-c2ccc(F)cc2)c(C#N)s1. The highest BCUT2D eigenvalue weighted by atomic mass is 32.1. The van der Waals surface area contributed by atoms with Crippen LogP contribution in [0.25, 0.3) is 16.9 Å². The van der Waals surface area contributed by atoms with Crippen LogP contribution in [0.15, 0.2) is 30.3 Å². The van der Waals surface area contributed by atoms with Gasteiger partial charge in [0.15, 0.2) is 16.6 Å². The maximum absolute atomic E-state index is 13.5. The van der Waals surface area contributed by atoms with Crippen LogP contribution in [-0.2, 0) is 6.42 Å². The first-order valence-corrected chi connectivity index (χ1v) is 14.1. The number of aryl methyl sites for hydroxylation is 2. The van der Waals surface area contributed by atoms with E-state index < -0.39 is 0 Å². The third-order valence-corrected chi connectivity index (χ3v) is 9.12. The molecule has 0 saturated carbocycles. The summed E-state index contributed by atoms with van der Waals surface area (Å²) < 4.78 is 15.4. The number of nitrogens with zero attached hydrogens (tertiary/aromatic N) is 8. The number of anilines is 3. The lowest BCUT2D eigenvalue weighted by Crippen LogP contribution is -2.63. The second-order valence-corrected chi connectivity index (χ2v) is 11.7. The molecule has 0 unspecified atom stereocenters. The molecule has 4 aromatic rings. The van der Waals surface area contributed by atoms with E-state index >= 15 is 0 Å². The highest BCUT2D eigenvalue weighted by Gasteiger charge is 2.46. The molecule has 12 heteroatoms. The topological polar surface area (TPSA) is 120 Å². The summed E-state index contributed by atoms with van der Waals surface area (Å²) in [6, 6.07) is 10.00. The van der Waals surface area contributed by atoms with Gasteiger partial charge in [0.05, 0.1) is 5.69 Å². The summed E-state index contributed by atoms with van der Waals surface area (Å²) in [7, 11) is 1.91. The van der Waals surface area contributed by atoms with Crippen LogP contribution in [0.5, 0.6) is 0 Å². The summed E-state index contributed by atoms with van der Waals surface area (Å²) in [6.45, 7) is 7.27. The number of aromatic nitrogens is 4. The minimum atomic E-state index is -0.341. The third kappa shape index (κ3) is 4.30. The number of nitrogens with two attached hydrogens (primary N) is 1. The fourth-order valence-electron chi connectivity index (χ4n) is 5.78. The number of nitriles is 1. The standard InChI is InChI=1S/C28H30FN9OS/c1-4-20-25(35(3)27-33-23(21(14-30)40-27)18-5-7-19(29)8-6-18)38-24(32-20)17(2)13-22(34-38)36-11-9-28(10-12-36)15-37(16-28)26(31)39/h5-8,13H,4,9-12,15-16H2,1-3H3,(H2,31,39). The van der Waals surface area contributed by atoms with Crippen LogP contribution in [0, 0.1) is 29.5 Å². The summed E-state index contributed by atoms with van der Waals surface area (Å²) in [5.74, 6) is 1.34. The monoisotopic (exact) mass is 559 g/mol. The molecule has 2 fully saturated rings. The molecule has 0 radical (unpaired) electrons. The fraction of sp³-hybridized carbons (Fsp3) is 0.393. The first-order valence-electron chi connectivity index (χ1n) is 13.3. The second-order valence-electron chi connectivity index (χ2n) is 10.7. The van der Waals surface area contributed by atoms with Crippen molar-refractivity contribution in [2.45, 2.75) is 33.1 Å². The van der Waals surface area contributed by atoms with Gasteiger partial charge < -0.3 is 20.4 Å². The Labute approximate surface area is 235 Å². The van der Waals surface area contributed by atoms with Gasteiger partial charge in [-0.15, -0.1) is 5.10 Å². The van der Waals surface area contributed by atoms with E-state index in [2.05, 4.69) is 24.0 Å². The molecule has 5 heterocycles. The van der Waals surface area contributed by atoms with Crippen molar-refractivity contribution in [3.63, 3.8) is 0 Å². The lowest BCUT2D eigenvalue weighted by atomic mass is 9.72. The van der Waals surface area contributed by atoms with Gasteiger partial charge in [0, 0.05) is 44.2 Å². The molecule has 2 aliphatic rings. The zero-order chi connectivity index (χ0) is 28.2. The summed E-state index contributed by atoms with van der Waals surface area (Å²) in [6.07, 6.45) is 2.66. The normalized spacial score (nSPS) is 16.3. The molecule has 206 valence electrons. The number of likely N-dealkylation sites (tertiary alicyclic amines) is 1. The Kier molecular flexibility index (Phi) is 6.34. The fourth-order valence-corrected chi connectivity index (χ4v) is 6.63. The molecule has 2 amide bonds. The molecule has 2 N–H and O–H groups in total. The van der Waals surface area contributed by atoms with Crippen LogP contribution in [0.3, 0.4) is 0 Å². The number of piperidine rings is 1. The zero-order valence-corrected chi connectivity index (χ0v) is 23.5. The molecular formula is C28H30FN9OS. The minimum Gasteiger partial charge on any atom is -0.355 e. The summed E-state index contributed by atoms with van der Waals surface area (Å²) in [4.78, 5) is 27.6. The van der Waals surface area contributed by atoms with E-state index in [9.17, 15) is 14.4 Å². The highest BCUT2D eigenvalue weighted by Crippen LogP contribution is 2.42. The van der Waals surface area contributed by atoms with Crippen molar-refractivity contribution in [2.75, 3.05) is 43.0 Å². The van der Waals surface area contributed by atoms with E-state index in [-0.39, 0.29) is 17.3 Å². The van der Waals surface area contributed by atoms with Crippen LogP contribution in [-0.4, -0.2) is 63.7 Å². The number of benzene rings is 1. The van der Waals surface area contributed by atoms with Crippen LogP contribution in [0.2, 0.25) is 0 Å². The number of hydrogen-bond donors (Lipinski definition) is 1. The van der Waals surface area contributed by atoms with E-state index in [1.807, 2.05) is 23.4 Å². The Morgan fingerprint density at radius 1 is 1.23 bits per heavy atom. The van der Waals surface area contributed by atoms with Crippen molar-refractivity contribution >= 4 is 39.8 Å². The van der Waals surface area contributed by atoms with Crippen molar-refractivity contribution in [3.05, 3.63) is 52.3 Å². The predicted molar refractivity (Wildman–Crippen MR) is 152 cm³/mol. The second kappa shape index (κ2) is 9.75. The quantitative estimate of drug-likeness (QED) is 0.383. The summed E-state index contributed by atoms with van der Waals surface area (Å²) in [5, 5.41) is 15.5. The van der Waals surface area contributed by atoms with Crippen molar-refractivity contribution in [3.8, 4) is 17.3 Å². The Morgan fingerprint density at radius 3 is 2.55 bits per heavy atom.